The first-order chi connectivity index (χ1) is 13.5. The molecule has 0 unspecified atom stereocenters. The van der Waals surface area contributed by atoms with E-state index in [0.717, 1.165) is 5.56 Å². The third-order valence-electron chi connectivity index (χ3n) is 4.48. The first-order valence-electron chi connectivity index (χ1n) is 9.51. The van der Waals surface area contributed by atoms with E-state index < -0.39 is 6.04 Å². The van der Waals surface area contributed by atoms with Gasteiger partial charge in [0.25, 0.3) is 0 Å². The Labute approximate surface area is 176 Å². The van der Waals surface area contributed by atoms with E-state index in [9.17, 15) is 9.59 Å². The van der Waals surface area contributed by atoms with Gasteiger partial charge in [-0.05, 0) is 31.0 Å². The van der Waals surface area contributed by atoms with Gasteiger partial charge in [-0.1, -0.05) is 66.5 Å². The molecule has 0 fully saturated rings. The molecule has 2 amide bonds. The van der Waals surface area contributed by atoms with Gasteiger partial charge in [0.05, 0.1) is 0 Å². The predicted octanol–water partition coefficient (Wildman–Crippen LogP) is 4.87. The van der Waals surface area contributed by atoms with E-state index in [-0.39, 0.29) is 18.4 Å². The smallest absolute Gasteiger partial charge is 0.243 e. The standard InChI is InChI=1S/C22H26Cl2N2O2/c1-3-9-21(27)26(15-17-18(23)12-8-13-19(17)24)20(22(28)25-4-2)14-16-10-6-5-7-11-16/h5-8,10-13,20H,3-4,9,14-15H2,1-2H3,(H,25,28)/t20-/m0/s1. The molecule has 1 N–H and O–H groups in total. The molecule has 0 aliphatic heterocycles. The number of carbonyl (C=O) groups is 2. The van der Waals surface area contributed by atoms with Crippen LogP contribution in [0.2, 0.25) is 10.0 Å². The van der Waals surface area contributed by atoms with Crippen molar-refractivity contribution in [3.63, 3.8) is 0 Å². The number of hydrogen-bond donors (Lipinski definition) is 1. The Morgan fingerprint density at radius 3 is 2.21 bits per heavy atom. The molecule has 0 bridgehead atoms. The highest BCUT2D eigenvalue weighted by Crippen LogP contribution is 2.27. The molecule has 2 aromatic carbocycles. The molecule has 0 saturated heterocycles. The van der Waals surface area contributed by atoms with Crippen molar-refractivity contribution in [3.05, 3.63) is 69.7 Å². The second-order valence-electron chi connectivity index (χ2n) is 6.57. The predicted molar refractivity (Wildman–Crippen MR) is 115 cm³/mol. The third kappa shape index (κ3) is 5.98. The summed E-state index contributed by atoms with van der Waals surface area (Å²) in [6.07, 6.45) is 1.47. The van der Waals surface area contributed by atoms with Gasteiger partial charge in [-0.25, -0.2) is 0 Å². The molecule has 0 saturated carbocycles. The van der Waals surface area contributed by atoms with E-state index in [4.69, 9.17) is 23.2 Å². The topological polar surface area (TPSA) is 49.4 Å². The van der Waals surface area contributed by atoms with Crippen LogP contribution in [-0.2, 0) is 22.6 Å². The summed E-state index contributed by atoms with van der Waals surface area (Å²) in [6, 6.07) is 14.3. The fraction of sp³-hybridized carbons (Fsp3) is 0.364. The Bertz CT molecular complexity index is 776. The molecule has 2 rings (SSSR count). The van der Waals surface area contributed by atoms with Crippen LogP contribution < -0.4 is 5.32 Å². The fourth-order valence-corrected chi connectivity index (χ4v) is 3.57. The molecule has 2 aromatic rings. The molecule has 0 aromatic heterocycles. The molecule has 6 heteroatoms. The quantitative estimate of drug-likeness (QED) is 0.628. The van der Waals surface area contributed by atoms with Crippen molar-refractivity contribution >= 4 is 35.0 Å². The van der Waals surface area contributed by atoms with Crippen LogP contribution in [0.5, 0.6) is 0 Å². The van der Waals surface area contributed by atoms with Gasteiger partial charge >= 0.3 is 0 Å². The molecule has 0 aliphatic carbocycles. The molecule has 0 radical (unpaired) electrons. The van der Waals surface area contributed by atoms with Crippen LogP contribution in [0.25, 0.3) is 0 Å². The Hall–Kier alpha value is -2.04. The minimum Gasteiger partial charge on any atom is -0.355 e. The van der Waals surface area contributed by atoms with Gasteiger partial charge in [0.15, 0.2) is 0 Å². The summed E-state index contributed by atoms with van der Waals surface area (Å²) in [5.41, 5.74) is 1.64. The van der Waals surface area contributed by atoms with E-state index in [2.05, 4.69) is 5.32 Å². The minimum atomic E-state index is -0.645. The van der Waals surface area contributed by atoms with Gasteiger partial charge in [0, 0.05) is 41.5 Å². The Morgan fingerprint density at radius 2 is 1.64 bits per heavy atom. The number of benzene rings is 2. The highest BCUT2D eigenvalue weighted by atomic mass is 35.5. The summed E-state index contributed by atoms with van der Waals surface area (Å²) >= 11 is 12.7. The molecule has 0 spiro atoms. The number of halogens is 2. The van der Waals surface area contributed by atoms with E-state index >= 15 is 0 Å². The highest BCUT2D eigenvalue weighted by Gasteiger charge is 2.30. The van der Waals surface area contributed by atoms with Crippen LogP contribution in [0.4, 0.5) is 0 Å². The maximum Gasteiger partial charge on any atom is 0.243 e. The molecule has 1 atom stereocenters. The zero-order valence-corrected chi connectivity index (χ0v) is 17.8. The zero-order chi connectivity index (χ0) is 20.5. The molecule has 4 nitrogen and oxygen atoms in total. The number of hydrogen-bond acceptors (Lipinski definition) is 2. The van der Waals surface area contributed by atoms with Crippen molar-refractivity contribution in [2.45, 2.75) is 45.7 Å². The van der Waals surface area contributed by atoms with Gasteiger partial charge < -0.3 is 10.2 Å². The van der Waals surface area contributed by atoms with Gasteiger partial charge in [-0.2, -0.15) is 0 Å². The van der Waals surface area contributed by atoms with Crippen molar-refractivity contribution in [2.24, 2.45) is 0 Å². The zero-order valence-electron chi connectivity index (χ0n) is 16.3. The lowest BCUT2D eigenvalue weighted by Gasteiger charge is -2.32. The van der Waals surface area contributed by atoms with Crippen LogP contribution in [0.1, 0.15) is 37.8 Å². The normalized spacial score (nSPS) is 11.7. The third-order valence-corrected chi connectivity index (χ3v) is 5.18. The first kappa shape index (κ1) is 22.3. The van der Waals surface area contributed by atoms with Crippen LogP contribution in [-0.4, -0.2) is 29.3 Å². The van der Waals surface area contributed by atoms with E-state index in [1.54, 1.807) is 23.1 Å². The van der Waals surface area contributed by atoms with E-state index in [1.165, 1.54) is 0 Å². The SMILES string of the molecule is CCCC(=O)N(Cc1c(Cl)cccc1Cl)[C@@H](Cc1ccccc1)C(=O)NCC. The van der Waals surface area contributed by atoms with Crippen LogP contribution >= 0.6 is 23.2 Å². The van der Waals surface area contributed by atoms with E-state index in [0.29, 0.717) is 41.4 Å². The number of nitrogens with one attached hydrogen (secondary N) is 1. The number of likely N-dealkylation sites (N-methyl/N-ethyl adjacent to an activating group) is 1. The second kappa shape index (κ2) is 11.1. The summed E-state index contributed by atoms with van der Waals surface area (Å²) in [5.74, 6) is -0.273. The molecule has 0 heterocycles. The number of nitrogens with zero attached hydrogens (tertiary/aromatic N) is 1. The molecular weight excluding hydrogens is 395 g/mol. The van der Waals surface area contributed by atoms with Crippen molar-refractivity contribution in [2.75, 3.05) is 6.54 Å². The Kier molecular flexibility index (Phi) is 8.81. The van der Waals surface area contributed by atoms with Crippen molar-refractivity contribution in [1.29, 1.82) is 0 Å². The number of amides is 2. The number of rotatable bonds is 9. The van der Waals surface area contributed by atoms with Gasteiger partial charge in [0.2, 0.25) is 11.8 Å². The van der Waals surface area contributed by atoms with Gasteiger partial charge in [-0.15, -0.1) is 0 Å². The van der Waals surface area contributed by atoms with Crippen LogP contribution in [0.15, 0.2) is 48.5 Å². The number of carbonyl (C=O) groups excluding carboxylic acids is 2. The van der Waals surface area contributed by atoms with Crippen LogP contribution in [0, 0.1) is 0 Å². The largest absolute Gasteiger partial charge is 0.355 e. The summed E-state index contributed by atoms with van der Waals surface area (Å²) in [6.45, 7) is 4.48. The maximum atomic E-state index is 13.0. The van der Waals surface area contributed by atoms with Crippen molar-refractivity contribution in [3.8, 4) is 0 Å². The van der Waals surface area contributed by atoms with Crippen molar-refractivity contribution < 1.29 is 9.59 Å². The first-order valence-corrected chi connectivity index (χ1v) is 10.3. The lowest BCUT2D eigenvalue weighted by molar-refractivity contribution is -0.141. The molecular formula is C22H26Cl2N2O2. The molecule has 150 valence electrons. The van der Waals surface area contributed by atoms with Crippen molar-refractivity contribution in [1.82, 2.24) is 10.2 Å². The average Bonchev–Trinajstić information content (AvgIpc) is 2.67. The van der Waals surface area contributed by atoms with Crippen LogP contribution in [0.3, 0.4) is 0 Å². The van der Waals surface area contributed by atoms with Gasteiger partial charge in [0.1, 0.15) is 6.04 Å². The molecule has 28 heavy (non-hydrogen) atoms. The summed E-state index contributed by atoms with van der Waals surface area (Å²) < 4.78 is 0. The van der Waals surface area contributed by atoms with E-state index in [1.807, 2.05) is 44.2 Å². The summed E-state index contributed by atoms with van der Waals surface area (Å²) in [5, 5.41) is 3.82. The molecule has 0 aliphatic rings. The summed E-state index contributed by atoms with van der Waals surface area (Å²) in [4.78, 5) is 27.5. The average molecular weight is 421 g/mol. The fourth-order valence-electron chi connectivity index (χ4n) is 3.06. The lowest BCUT2D eigenvalue weighted by atomic mass is 10.0. The monoisotopic (exact) mass is 420 g/mol. The Morgan fingerprint density at radius 1 is 1.00 bits per heavy atom. The minimum absolute atomic E-state index is 0.0920. The summed E-state index contributed by atoms with van der Waals surface area (Å²) in [7, 11) is 0. The second-order valence-corrected chi connectivity index (χ2v) is 7.39. The lowest BCUT2D eigenvalue weighted by Crippen LogP contribution is -2.50. The Balaban J connectivity index is 2.42. The maximum absolute atomic E-state index is 13.0. The van der Waals surface area contributed by atoms with Gasteiger partial charge in [-0.3, -0.25) is 9.59 Å². The highest BCUT2D eigenvalue weighted by molar-refractivity contribution is 6.36.